The molecule has 6 heteroatoms. The molecule has 1 atom stereocenters. The molecule has 0 amide bonds. The molecule has 0 fully saturated rings. The molecule has 0 saturated heterocycles. The lowest BCUT2D eigenvalue weighted by Gasteiger charge is -2.26. The molecule has 0 spiro atoms. The summed E-state index contributed by atoms with van der Waals surface area (Å²) in [5.41, 5.74) is 8.94. The highest BCUT2D eigenvalue weighted by atomic mass is 79.9. The van der Waals surface area contributed by atoms with E-state index in [1.807, 2.05) is 35.4 Å². The first kappa shape index (κ1) is 17.6. The second-order valence-corrected chi connectivity index (χ2v) is 8.43. The van der Waals surface area contributed by atoms with Gasteiger partial charge in [0.15, 0.2) is 0 Å². The molecular formula is C20H19Br2N3O. The molecule has 2 heterocycles. The summed E-state index contributed by atoms with van der Waals surface area (Å²) >= 11 is 7.13. The first-order chi connectivity index (χ1) is 12.5. The fraction of sp³-hybridized carbons (Fsp3) is 0.200. The van der Waals surface area contributed by atoms with E-state index >= 15 is 0 Å². The molecule has 1 unspecified atom stereocenters. The first-order valence-corrected chi connectivity index (χ1v) is 10.0. The van der Waals surface area contributed by atoms with Gasteiger partial charge in [0, 0.05) is 43.0 Å². The third-order valence-electron chi connectivity index (χ3n) is 4.62. The van der Waals surface area contributed by atoms with E-state index in [9.17, 15) is 5.11 Å². The van der Waals surface area contributed by atoms with E-state index < -0.39 is 6.10 Å². The lowest BCUT2D eigenvalue weighted by atomic mass is 10.2. The molecule has 134 valence electrons. The van der Waals surface area contributed by atoms with Gasteiger partial charge >= 0.3 is 0 Å². The van der Waals surface area contributed by atoms with E-state index in [2.05, 4.69) is 60.7 Å². The van der Waals surface area contributed by atoms with E-state index in [0.29, 0.717) is 19.6 Å². The molecule has 0 bridgehead atoms. The van der Waals surface area contributed by atoms with Crippen molar-refractivity contribution < 1.29 is 5.11 Å². The van der Waals surface area contributed by atoms with Crippen LogP contribution < -0.4 is 5.73 Å². The van der Waals surface area contributed by atoms with Crippen molar-refractivity contribution >= 4 is 53.7 Å². The summed E-state index contributed by atoms with van der Waals surface area (Å²) < 4.78 is 4.29. The van der Waals surface area contributed by atoms with Crippen molar-refractivity contribution in [2.45, 2.75) is 12.6 Å². The van der Waals surface area contributed by atoms with Crippen LogP contribution in [0.4, 0.5) is 0 Å². The summed E-state index contributed by atoms with van der Waals surface area (Å²) in [5, 5.41) is 13.1. The highest BCUT2D eigenvalue weighted by Gasteiger charge is 2.16. The van der Waals surface area contributed by atoms with E-state index in [-0.39, 0.29) is 0 Å². The van der Waals surface area contributed by atoms with Gasteiger partial charge in [0.1, 0.15) is 0 Å². The lowest BCUT2D eigenvalue weighted by molar-refractivity contribution is 0.122. The van der Waals surface area contributed by atoms with Crippen LogP contribution in [0.5, 0.6) is 0 Å². The SMILES string of the molecule is NC1=CC=CN(CC(O)Cn2c3ccc(Br)cc3c3cc(Br)ccc32)C1. The van der Waals surface area contributed by atoms with Crippen molar-refractivity contribution in [3.05, 3.63) is 69.4 Å². The lowest BCUT2D eigenvalue weighted by Crippen LogP contribution is -2.34. The van der Waals surface area contributed by atoms with Crippen molar-refractivity contribution in [2.24, 2.45) is 5.73 Å². The van der Waals surface area contributed by atoms with Gasteiger partial charge < -0.3 is 20.3 Å². The van der Waals surface area contributed by atoms with Crippen LogP contribution in [0.15, 0.2) is 69.4 Å². The van der Waals surface area contributed by atoms with Gasteiger partial charge in [0.25, 0.3) is 0 Å². The van der Waals surface area contributed by atoms with Gasteiger partial charge in [-0.2, -0.15) is 0 Å². The standard InChI is InChI=1S/C20H19Br2N3O/c21-13-3-5-19-17(8-13)18-9-14(22)4-6-20(18)25(19)12-16(26)11-24-7-1-2-15(23)10-24/h1-9,16,26H,10-12,23H2. The van der Waals surface area contributed by atoms with Gasteiger partial charge in [-0.1, -0.05) is 31.9 Å². The Bertz CT molecular complexity index is 979. The molecular weight excluding hydrogens is 458 g/mol. The molecule has 1 aromatic heterocycles. The third-order valence-corrected chi connectivity index (χ3v) is 5.61. The van der Waals surface area contributed by atoms with E-state index in [1.165, 1.54) is 10.8 Å². The van der Waals surface area contributed by atoms with Gasteiger partial charge in [-0.25, -0.2) is 0 Å². The van der Waals surface area contributed by atoms with Crippen LogP contribution in [-0.4, -0.2) is 33.8 Å². The fourth-order valence-electron chi connectivity index (χ4n) is 3.54. The summed E-state index contributed by atoms with van der Waals surface area (Å²) in [6, 6.07) is 12.5. The predicted octanol–water partition coefficient (Wildman–Crippen LogP) is 4.35. The summed E-state index contributed by atoms with van der Waals surface area (Å²) in [6.45, 7) is 1.72. The molecule has 26 heavy (non-hydrogen) atoms. The number of nitrogens with zero attached hydrogens (tertiary/aromatic N) is 2. The van der Waals surface area contributed by atoms with Crippen LogP contribution in [0.1, 0.15) is 0 Å². The fourth-order valence-corrected chi connectivity index (χ4v) is 4.26. The highest BCUT2D eigenvalue weighted by Crippen LogP contribution is 2.33. The Morgan fingerprint density at radius 3 is 2.19 bits per heavy atom. The van der Waals surface area contributed by atoms with E-state index in [0.717, 1.165) is 25.7 Å². The van der Waals surface area contributed by atoms with Crippen LogP contribution in [0, 0.1) is 0 Å². The monoisotopic (exact) mass is 475 g/mol. The van der Waals surface area contributed by atoms with E-state index in [4.69, 9.17) is 5.73 Å². The van der Waals surface area contributed by atoms with Crippen LogP contribution in [-0.2, 0) is 6.54 Å². The number of rotatable bonds is 4. The summed E-state index contributed by atoms with van der Waals surface area (Å²) in [4.78, 5) is 2.04. The zero-order chi connectivity index (χ0) is 18.3. The molecule has 1 aliphatic rings. The van der Waals surface area contributed by atoms with Gasteiger partial charge in [-0.15, -0.1) is 0 Å². The molecule has 0 radical (unpaired) electrons. The average Bonchev–Trinajstić information content (AvgIpc) is 2.87. The van der Waals surface area contributed by atoms with Crippen LogP contribution in [0.2, 0.25) is 0 Å². The molecule has 4 nitrogen and oxygen atoms in total. The Labute approximate surface area is 168 Å². The number of halogens is 2. The maximum atomic E-state index is 10.7. The number of aliphatic hydroxyl groups excluding tert-OH is 1. The zero-order valence-electron chi connectivity index (χ0n) is 14.1. The molecule has 0 aliphatic carbocycles. The second kappa shape index (κ2) is 7.10. The van der Waals surface area contributed by atoms with E-state index in [1.54, 1.807) is 0 Å². The number of aromatic nitrogens is 1. The number of allylic oxidation sites excluding steroid dienone is 2. The zero-order valence-corrected chi connectivity index (χ0v) is 17.2. The third kappa shape index (κ3) is 3.41. The number of nitrogens with two attached hydrogens (primary N) is 1. The molecule has 0 saturated carbocycles. The van der Waals surface area contributed by atoms with Gasteiger partial charge in [-0.05, 0) is 54.8 Å². The van der Waals surface area contributed by atoms with Crippen molar-refractivity contribution in [3.8, 4) is 0 Å². The minimum Gasteiger partial charge on any atom is -0.401 e. The van der Waals surface area contributed by atoms with Gasteiger partial charge in [0.2, 0.25) is 0 Å². The largest absolute Gasteiger partial charge is 0.401 e. The van der Waals surface area contributed by atoms with Crippen LogP contribution in [0.3, 0.4) is 0 Å². The van der Waals surface area contributed by atoms with Crippen molar-refractivity contribution in [1.29, 1.82) is 0 Å². The maximum Gasteiger partial charge on any atom is 0.0893 e. The first-order valence-electron chi connectivity index (χ1n) is 8.43. The number of β-amino-alcohol motifs (C(OH)–C–C–N with tert-alkyl or cyclic N) is 1. The number of fused-ring (bicyclic) bond motifs is 3. The quantitative estimate of drug-likeness (QED) is 0.588. The molecule has 4 rings (SSSR count). The van der Waals surface area contributed by atoms with Crippen LogP contribution in [0.25, 0.3) is 21.8 Å². The predicted molar refractivity (Wildman–Crippen MR) is 114 cm³/mol. The number of hydrogen-bond acceptors (Lipinski definition) is 3. The average molecular weight is 477 g/mol. The van der Waals surface area contributed by atoms with Crippen molar-refractivity contribution in [1.82, 2.24) is 9.47 Å². The highest BCUT2D eigenvalue weighted by molar-refractivity contribution is 9.10. The smallest absolute Gasteiger partial charge is 0.0893 e. The van der Waals surface area contributed by atoms with Gasteiger partial charge in [0.05, 0.1) is 19.2 Å². The van der Waals surface area contributed by atoms with Crippen molar-refractivity contribution in [3.63, 3.8) is 0 Å². The second-order valence-electron chi connectivity index (χ2n) is 6.60. The minimum absolute atomic E-state index is 0.503. The number of benzene rings is 2. The molecule has 3 N–H and O–H groups in total. The van der Waals surface area contributed by atoms with Crippen molar-refractivity contribution in [2.75, 3.05) is 13.1 Å². The maximum absolute atomic E-state index is 10.7. The topological polar surface area (TPSA) is 54.4 Å². The summed E-state index contributed by atoms with van der Waals surface area (Å²) in [7, 11) is 0. The Kier molecular flexibility index (Phi) is 4.82. The number of aliphatic hydroxyl groups is 1. The van der Waals surface area contributed by atoms with Gasteiger partial charge in [-0.3, -0.25) is 0 Å². The number of hydrogen-bond donors (Lipinski definition) is 2. The molecule has 2 aromatic carbocycles. The molecule has 3 aromatic rings. The Morgan fingerprint density at radius 2 is 1.62 bits per heavy atom. The van der Waals surface area contributed by atoms with Crippen LogP contribution >= 0.6 is 31.9 Å². The Morgan fingerprint density at radius 1 is 1.00 bits per heavy atom. The normalized spacial score (nSPS) is 15.7. The Balaban J connectivity index is 1.69. The minimum atomic E-state index is -0.503. The summed E-state index contributed by atoms with van der Waals surface area (Å²) in [6.07, 6.45) is 5.28. The Hall–Kier alpha value is -1.76. The summed E-state index contributed by atoms with van der Waals surface area (Å²) in [5.74, 6) is 0. The molecule has 1 aliphatic heterocycles.